The minimum absolute atomic E-state index is 0.0670. The summed E-state index contributed by atoms with van der Waals surface area (Å²) >= 11 is 5.84. The van der Waals surface area contributed by atoms with Crippen molar-refractivity contribution in [1.29, 1.82) is 0 Å². The number of fused-ring (bicyclic) bond motifs is 1. The van der Waals surface area contributed by atoms with E-state index in [9.17, 15) is 13.6 Å². The highest BCUT2D eigenvalue weighted by molar-refractivity contribution is 6.31. The van der Waals surface area contributed by atoms with Crippen molar-refractivity contribution < 1.29 is 8.78 Å². The smallest absolute Gasteiger partial charge is 0.277 e. The van der Waals surface area contributed by atoms with Crippen LogP contribution in [0.1, 0.15) is 12.2 Å². The van der Waals surface area contributed by atoms with Crippen LogP contribution in [0, 0.1) is 0 Å². The second-order valence-corrected chi connectivity index (χ2v) is 4.71. The van der Waals surface area contributed by atoms with Gasteiger partial charge in [0.2, 0.25) is 5.82 Å². The van der Waals surface area contributed by atoms with Gasteiger partial charge in [0.1, 0.15) is 0 Å². The minimum atomic E-state index is -2.85. The Hall–Kier alpha value is -2.35. The fourth-order valence-electron chi connectivity index (χ4n) is 1.87. The van der Waals surface area contributed by atoms with Crippen LogP contribution in [0.25, 0.3) is 16.9 Å². The monoisotopic (exact) mass is 311 g/mol. The first-order valence-electron chi connectivity index (χ1n) is 5.84. The van der Waals surface area contributed by atoms with Crippen LogP contribution < -0.4 is 5.69 Å². The molecule has 0 saturated heterocycles. The fraction of sp³-hybridized carbons (Fsp3) is 0.167. The normalized spacial score (nSPS) is 11.5. The second kappa shape index (κ2) is 4.88. The summed E-state index contributed by atoms with van der Waals surface area (Å²) in [5.41, 5.74) is 0.297. The van der Waals surface area contributed by atoms with E-state index in [1.54, 1.807) is 18.2 Å². The van der Waals surface area contributed by atoms with Crippen LogP contribution in [-0.2, 0) is 7.05 Å². The van der Waals surface area contributed by atoms with E-state index >= 15 is 0 Å². The third-order valence-electron chi connectivity index (χ3n) is 2.92. The van der Waals surface area contributed by atoms with Gasteiger partial charge in [-0.25, -0.2) is 18.6 Å². The van der Waals surface area contributed by atoms with Crippen LogP contribution in [0.5, 0.6) is 0 Å². The molecule has 3 aromatic rings. The molecule has 0 amide bonds. The van der Waals surface area contributed by atoms with Crippen LogP contribution in [0.15, 0.2) is 29.2 Å². The highest BCUT2D eigenvalue weighted by Gasteiger charge is 2.20. The molecule has 0 atom stereocenters. The van der Waals surface area contributed by atoms with Crippen LogP contribution in [0.2, 0.25) is 5.02 Å². The Morgan fingerprint density at radius 3 is 2.71 bits per heavy atom. The van der Waals surface area contributed by atoms with E-state index in [0.29, 0.717) is 16.1 Å². The molecular formula is C12H8ClF2N5O. The Balaban J connectivity index is 2.19. The lowest BCUT2D eigenvalue weighted by atomic mass is 10.3. The highest BCUT2D eigenvalue weighted by atomic mass is 35.5. The van der Waals surface area contributed by atoms with Crippen molar-refractivity contribution in [3.8, 4) is 5.82 Å². The SMILES string of the molecule is Cn1c(C(F)F)nn(-c2cnc3cc(Cl)ccc3n2)c1=O. The third-order valence-corrected chi connectivity index (χ3v) is 3.15. The minimum Gasteiger partial charge on any atom is -0.277 e. The first kappa shape index (κ1) is 13.6. The maximum atomic E-state index is 12.7. The molecule has 108 valence electrons. The lowest BCUT2D eigenvalue weighted by Crippen LogP contribution is -2.23. The Labute approximate surface area is 121 Å². The van der Waals surface area contributed by atoms with Gasteiger partial charge >= 0.3 is 5.69 Å². The van der Waals surface area contributed by atoms with Crippen LogP contribution in [-0.4, -0.2) is 24.3 Å². The summed E-state index contributed by atoms with van der Waals surface area (Å²) in [7, 11) is 1.22. The molecule has 1 aromatic carbocycles. The number of benzene rings is 1. The van der Waals surface area contributed by atoms with Crippen molar-refractivity contribution in [3.05, 3.63) is 45.7 Å². The van der Waals surface area contributed by atoms with Crippen molar-refractivity contribution in [3.63, 3.8) is 0 Å². The van der Waals surface area contributed by atoms with E-state index in [0.717, 1.165) is 9.25 Å². The van der Waals surface area contributed by atoms with Gasteiger partial charge in [0, 0.05) is 12.1 Å². The molecule has 0 unspecified atom stereocenters. The van der Waals surface area contributed by atoms with E-state index < -0.39 is 17.9 Å². The Morgan fingerprint density at radius 2 is 2.05 bits per heavy atom. The summed E-state index contributed by atoms with van der Waals surface area (Å²) < 4.78 is 27.1. The van der Waals surface area contributed by atoms with E-state index in [1.165, 1.54) is 13.2 Å². The molecule has 0 spiro atoms. The van der Waals surface area contributed by atoms with Gasteiger partial charge in [-0.05, 0) is 18.2 Å². The van der Waals surface area contributed by atoms with E-state index in [2.05, 4.69) is 15.1 Å². The predicted octanol–water partition coefficient (Wildman–Crippen LogP) is 2.11. The zero-order valence-corrected chi connectivity index (χ0v) is 11.4. The second-order valence-electron chi connectivity index (χ2n) is 4.27. The summed E-state index contributed by atoms with van der Waals surface area (Å²) in [6.07, 6.45) is -1.57. The molecule has 0 radical (unpaired) electrons. The quantitative estimate of drug-likeness (QED) is 0.727. The largest absolute Gasteiger partial charge is 0.352 e. The van der Waals surface area contributed by atoms with Crippen LogP contribution in [0.4, 0.5) is 8.78 Å². The molecule has 3 rings (SSSR count). The number of hydrogen-bond acceptors (Lipinski definition) is 4. The number of nitrogens with zero attached hydrogens (tertiary/aromatic N) is 5. The molecule has 6 nitrogen and oxygen atoms in total. The van der Waals surface area contributed by atoms with E-state index in [-0.39, 0.29) is 5.82 Å². The zero-order chi connectivity index (χ0) is 15.1. The molecule has 2 heterocycles. The van der Waals surface area contributed by atoms with Gasteiger partial charge in [-0.2, -0.15) is 4.68 Å². The molecule has 9 heteroatoms. The maximum absolute atomic E-state index is 12.7. The lowest BCUT2D eigenvalue weighted by Gasteiger charge is -2.01. The number of halogens is 3. The summed E-state index contributed by atoms with van der Waals surface area (Å²) in [5.74, 6) is -0.560. The molecule has 0 bridgehead atoms. The molecule has 0 N–H and O–H groups in total. The lowest BCUT2D eigenvalue weighted by molar-refractivity contribution is 0.136. The topological polar surface area (TPSA) is 65.6 Å². The van der Waals surface area contributed by atoms with Gasteiger partial charge in [0.15, 0.2) is 5.82 Å². The van der Waals surface area contributed by atoms with Crippen molar-refractivity contribution >= 4 is 22.6 Å². The molecule has 0 aliphatic heterocycles. The summed E-state index contributed by atoms with van der Waals surface area (Å²) in [4.78, 5) is 20.2. The van der Waals surface area contributed by atoms with Crippen molar-refractivity contribution in [2.24, 2.45) is 7.05 Å². The zero-order valence-electron chi connectivity index (χ0n) is 10.7. The van der Waals surface area contributed by atoms with E-state index in [1.807, 2.05) is 0 Å². The van der Waals surface area contributed by atoms with E-state index in [4.69, 9.17) is 11.6 Å². The Bertz CT molecular complexity index is 889. The number of hydrogen-bond donors (Lipinski definition) is 0. The molecular weight excluding hydrogens is 304 g/mol. The average Bonchev–Trinajstić information content (AvgIpc) is 2.75. The molecule has 21 heavy (non-hydrogen) atoms. The Kier molecular flexibility index (Phi) is 3.17. The van der Waals surface area contributed by atoms with Crippen LogP contribution in [0.3, 0.4) is 0 Å². The van der Waals surface area contributed by atoms with Gasteiger partial charge in [-0.15, -0.1) is 5.10 Å². The maximum Gasteiger partial charge on any atom is 0.352 e. The first-order chi connectivity index (χ1) is 9.97. The molecule has 2 aromatic heterocycles. The van der Waals surface area contributed by atoms with Gasteiger partial charge in [-0.3, -0.25) is 9.55 Å². The van der Waals surface area contributed by atoms with Crippen molar-refractivity contribution in [1.82, 2.24) is 24.3 Å². The average molecular weight is 312 g/mol. The predicted molar refractivity (Wildman–Crippen MR) is 71.9 cm³/mol. The number of rotatable bonds is 2. The van der Waals surface area contributed by atoms with Crippen molar-refractivity contribution in [2.75, 3.05) is 0 Å². The number of alkyl halides is 2. The summed E-state index contributed by atoms with van der Waals surface area (Å²) in [5, 5.41) is 4.09. The molecule has 0 aliphatic rings. The van der Waals surface area contributed by atoms with Crippen molar-refractivity contribution in [2.45, 2.75) is 6.43 Å². The van der Waals surface area contributed by atoms with Gasteiger partial charge in [0.05, 0.1) is 17.2 Å². The van der Waals surface area contributed by atoms with Gasteiger partial charge < -0.3 is 0 Å². The molecule has 0 fully saturated rings. The summed E-state index contributed by atoms with van der Waals surface area (Å²) in [6.45, 7) is 0. The van der Waals surface area contributed by atoms with Gasteiger partial charge in [0.25, 0.3) is 6.43 Å². The fourth-order valence-corrected chi connectivity index (χ4v) is 2.03. The Morgan fingerprint density at radius 1 is 1.29 bits per heavy atom. The molecule has 0 saturated carbocycles. The summed E-state index contributed by atoms with van der Waals surface area (Å²) in [6, 6.07) is 4.85. The van der Waals surface area contributed by atoms with Gasteiger partial charge in [-0.1, -0.05) is 11.6 Å². The number of aromatic nitrogens is 5. The highest BCUT2D eigenvalue weighted by Crippen LogP contribution is 2.18. The van der Waals surface area contributed by atoms with Crippen LogP contribution >= 0.6 is 11.6 Å². The molecule has 0 aliphatic carbocycles. The first-order valence-corrected chi connectivity index (χ1v) is 6.22. The standard InChI is InChI=1S/C12H8ClF2N5O/c1-19-11(10(14)15)18-20(12(19)21)9-5-16-8-4-6(13)2-3-7(8)17-9/h2-5,10H,1H3. The third kappa shape index (κ3) is 2.27.